The number of benzene rings is 2. The van der Waals surface area contributed by atoms with Crippen molar-refractivity contribution in [3.63, 3.8) is 0 Å². The molecule has 1 aliphatic rings. The molecule has 1 aliphatic carbocycles. The summed E-state index contributed by atoms with van der Waals surface area (Å²) in [5, 5.41) is 5.50. The van der Waals surface area contributed by atoms with Crippen molar-refractivity contribution < 1.29 is 4.79 Å². The first-order valence-corrected chi connectivity index (χ1v) is 8.88. The molecule has 24 heavy (non-hydrogen) atoms. The van der Waals surface area contributed by atoms with E-state index in [2.05, 4.69) is 49.5 Å². The molecule has 0 spiro atoms. The summed E-state index contributed by atoms with van der Waals surface area (Å²) >= 11 is 11.5. The summed E-state index contributed by atoms with van der Waals surface area (Å²) in [6.45, 7) is 6.14. The Hall–Kier alpha value is -1.51. The quantitative estimate of drug-likeness (QED) is 0.753. The van der Waals surface area contributed by atoms with Crippen molar-refractivity contribution in [1.29, 1.82) is 0 Å². The number of hydrogen-bond acceptors (Lipinski definition) is 1. The molecule has 126 valence electrons. The molecule has 2 unspecified atom stereocenters. The molecular weight excluding hydrogens is 341 g/mol. The number of nitrogens with one attached hydrogen (secondary N) is 1. The summed E-state index contributed by atoms with van der Waals surface area (Å²) in [6.07, 6.45) is 1.77. The van der Waals surface area contributed by atoms with Crippen molar-refractivity contribution in [2.75, 3.05) is 0 Å². The average molecular weight is 362 g/mol. The summed E-state index contributed by atoms with van der Waals surface area (Å²) in [6, 6.07) is 14.5. The zero-order valence-corrected chi connectivity index (χ0v) is 15.5. The van der Waals surface area contributed by atoms with Crippen molar-refractivity contribution >= 4 is 39.9 Å². The Morgan fingerprint density at radius 1 is 1.17 bits per heavy atom. The van der Waals surface area contributed by atoms with Gasteiger partial charge in [-0.3, -0.25) is 4.79 Å². The van der Waals surface area contributed by atoms with Gasteiger partial charge in [0.15, 0.2) is 0 Å². The smallest absolute Gasteiger partial charge is 0.224 e. The van der Waals surface area contributed by atoms with E-state index in [9.17, 15) is 4.79 Å². The van der Waals surface area contributed by atoms with Crippen molar-refractivity contribution in [2.24, 2.45) is 17.3 Å². The van der Waals surface area contributed by atoms with Crippen LogP contribution in [0.1, 0.15) is 32.4 Å². The van der Waals surface area contributed by atoms with Gasteiger partial charge in [-0.05, 0) is 46.7 Å². The molecule has 0 saturated heterocycles. The maximum Gasteiger partial charge on any atom is 0.224 e. The molecule has 0 radical (unpaired) electrons. The van der Waals surface area contributed by atoms with Crippen molar-refractivity contribution in [1.82, 2.24) is 5.32 Å². The van der Waals surface area contributed by atoms with Crippen LogP contribution in [0.25, 0.3) is 10.8 Å². The van der Waals surface area contributed by atoms with Gasteiger partial charge >= 0.3 is 0 Å². The van der Waals surface area contributed by atoms with Crippen LogP contribution in [0.4, 0.5) is 0 Å². The van der Waals surface area contributed by atoms with Gasteiger partial charge in [0.05, 0.1) is 12.0 Å². The first-order chi connectivity index (χ1) is 11.3. The van der Waals surface area contributed by atoms with Crippen LogP contribution < -0.4 is 5.32 Å². The van der Waals surface area contributed by atoms with E-state index in [-0.39, 0.29) is 33.7 Å². The van der Waals surface area contributed by atoms with Gasteiger partial charge in [-0.25, -0.2) is 0 Å². The zero-order valence-electron chi connectivity index (χ0n) is 14.0. The first-order valence-electron chi connectivity index (χ1n) is 8.12. The Labute approximate surface area is 152 Å². The Bertz CT molecular complexity index is 808. The highest BCUT2D eigenvalue weighted by Crippen LogP contribution is 2.59. The van der Waals surface area contributed by atoms with E-state index in [0.29, 0.717) is 0 Å². The number of allylic oxidation sites excluding steroid dienone is 1. The SMILES string of the molecule is C[C@@H](NC(=O)C1C(C=C(Cl)Cl)C1(C)C)c1ccc2ccccc2c1. The minimum atomic E-state index is -0.109. The number of hydrogen-bond donors (Lipinski definition) is 1. The molecule has 2 nitrogen and oxygen atoms in total. The fourth-order valence-electron chi connectivity index (χ4n) is 3.49. The van der Waals surface area contributed by atoms with Crippen LogP contribution in [-0.4, -0.2) is 5.91 Å². The lowest BCUT2D eigenvalue weighted by atomic mass is 10.0. The maximum absolute atomic E-state index is 12.6. The minimum absolute atomic E-state index is 0.0467. The summed E-state index contributed by atoms with van der Waals surface area (Å²) in [5.41, 5.74) is 0.991. The van der Waals surface area contributed by atoms with Crippen LogP contribution >= 0.6 is 23.2 Å². The van der Waals surface area contributed by atoms with Gasteiger partial charge < -0.3 is 5.32 Å². The van der Waals surface area contributed by atoms with E-state index in [4.69, 9.17) is 23.2 Å². The maximum atomic E-state index is 12.6. The molecule has 2 aromatic rings. The number of carbonyl (C=O) groups is 1. The van der Waals surface area contributed by atoms with E-state index < -0.39 is 0 Å². The van der Waals surface area contributed by atoms with Gasteiger partial charge in [0.25, 0.3) is 0 Å². The molecule has 4 heteroatoms. The number of halogens is 2. The van der Waals surface area contributed by atoms with E-state index >= 15 is 0 Å². The van der Waals surface area contributed by atoms with Crippen LogP contribution in [0.3, 0.4) is 0 Å². The van der Waals surface area contributed by atoms with Crippen molar-refractivity contribution in [3.05, 3.63) is 58.6 Å². The number of rotatable bonds is 4. The average Bonchev–Trinajstić information content (AvgIpc) is 3.06. The monoisotopic (exact) mass is 361 g/mol. The molecule has 1 fully saturated rings. The van der Waals surface area contributed by atoms with Gasteiger partial charge in [0.1, 0.15) is 4.49 Å². The summed E-state index contributed by atoms with van der Waals surface area (Å²) in [7, 11) is 0. The Morgan fingerprint density at radius 2 is 1.83 bits per heavy atom. The van der Waals surface area contributed by atoms with Gasteiger partial charge in [0.2, 0.25) is 5.91 Å². The Balaban J connectivity index is 1.73. The molecule has 1 saturated carbocycles. The highest BCUT2D eigenvalue weighted by molar-refractivity contribution is 6.55. The molecule has 0 aliphatic heterocycles. The van der Waals surface area contributed by atoms with E-state index in [1.165, 1.54) is 10.8 Å². The third-order valence-corrected chi connectivity index (χ3v) is 5.38. The second-order valence-electron chi connectivity index (χ2n) is 7.12. The predicted molar refractivity (Wildman–Crippen MR) is 101 cm³/mol. The zero-order chi connectivity index (χ0) is 17.5. The highest BCUT2D eigenvalue weighted by Gasteiger charge is 2.60. The third kappa shape index (κ3) is 3.31. The highest BCUT2D eigenvalue weighted by atomic mass is 35.5. The third-order valence-electron chi connectivity index (χ3n) is 5.13. The molecule has 0 aromatic heterocycles. The van der Waals surface area contributed by atoms with E-state index in [1.54, 1.807) is 6.08 Å². The lowest BCUT2D eigenvalue weighted by molar-refractivity contribution is -0.123. The molecule has 1 amide bonds. The summed E-state index contributed by atoms with van der Waals surface area (Å²) < 4.78 is 0.228. The first kappa shape index (κ1) is 17.3. The van der Waals surface area contributed by atoms with E-state index in [0.717, 1.165) is 5.56 Å². The molecule has 3 atom stereocenters. The Morgan fingerprint density at radius 3 is 2.50 bits per heavy atom. The van der Waals surface area contributed by atoms with E-state index in [1.807, 2.05) is 19.1 Å². The van der Waals surface area contributed by atoms with Gasteiger partial charge in [-0.1, -0.05) is 73.4 Å². The number of amides is 1. The lowest BCUT2D eigenvalue weighted by Gasteiger charge is -2.16. The fourth-order valence-corrected chi connectivity index (χ4v) is 3.76. The lowest BCUT2D eigenvalue weighted by Crippen LogP contribution is -2.29. The Kier molecular flexibility index (Phi) is 4.63. The number of carbonyl (C=O) groups excluding carboxylic acids is 1. The fraction of sp³-hybridized carbons (Fsp3) is 0.350. The van der Waals surface area contributed by atoms with Crippen molar-refractivity contribution in [2.45, 2.75) is 26.8 Å². The normalized spacial score (nSPS) is 22.7. The van der Waals surface area contributed by atoms with Crippen LogP contribution in [0.5, 0.6) is 0 Å². The van der Waals surface area contributed by atoms with Crippen LogP contribution in [-0.2, 0) is 4.79 Å². The molecule has 0 bridgehead atoms. The summed E-state index contributed by atoms with van der Waals surface area (Å²) in [5.74, 6) is 0.0516. The topological polar surface area (TPSA) is 29.1 Å². The molecule has 3 rings (SSSR count). The predicted octanol–water partition coefficient (Wildman–Crippen LogP) is 5.61. The summed E-state index contributed by atoms with van der Waals surface area (Å²) in [4.78, 5) is 12.6. The van der Waals surface area contributed by atoms with Gasteiger partial charge in [-0.15, -0.1) is 0 Å². The van der Waals surface area contributed by atoms with Crippen LogP contribution in [0, 0.1) is 17.3 Å². The van der Waals surface area contributed by atoms with Crippen LogP contribution in [0.15, 0.2) is 53.0 Å². The minimum Gasteiger partial charge on any atom is -0.349 e. The molecule has 2 aromatic carbocycles. The molecule has 0 heterocycles. The van der Waals surface area contributed by atoms with Gasteiger partial charge in [0, 0.05) is 0 Å². The second kappa shape index (κ2) is 6.42. The van der Waals surface area contributed by atoms with Crippen molar-refractivity contribution in [3.8, 4) is 0 Å². The van der Waals surface area contributed by atoms with Crippen LogP contribution in [0.2, 0.25) is 0 Å². The standard InChI is InChI=1S/C20H21Cl2NO/c1-12(14-9-8-13-6-4-5-7-15(13)10-14)23-19(24)18-16(11-17(21)22)20(18,2)3/h4-12,16,18H,1-3H3,(H,23,24)/t12-,16?,18?/m1/s1. The van der Waals surface area contributed by atoms with Gasteiger partial charge in [-0.2, -0.15) is 0 Å². The largest absolute Gasteiger partial charge is 0.349 e. The molecular formula is C20H21Cl2NO. The number of fused-ring (bicyclic) bond motifs is 1. The second-order valence-corrected chi connectivity index (χ2v) is 8.13. The molecule has 1 N–H and O–H groups in total.